The van der Waals surface area contributed by atoms with Crippen molar-refractivity contribution in [2.24, 2.45) is 0 Å². The van der Waals surface area contributed by atoms with E-state index in [4.69, 9.17) is 15.0 Å². The van der Waals surface area contributed by atoms with Gasteiger partial charge in [-0.15, -0.1) is 11.3 Å². The summed E-state index contributed by atoms with van der Waals surface area (Å²) in [6.45, 7) is 0. The summed E-state index contributed by atoms with van der Waals surface area (Å²) in [5, 5.41) is 9.54. The molecular formula is C39H23N3S. The van der Waals surface area contributed by atoms with Crippen molar-refractivity contribution >= 4 is 63.8 Å². The van der Waals surface area contributed by atoms with Crippen LogP contribution in [0.2, 0.25) is 0 Å². The van der Waals surface area contributed by atoms with Crippen molar-refractivity contribution in [2.45, 2.75) is 0 Å². The Labute approximate surface area is 251 Å². The van der Waals surface area contributed by atoms with Crippen LogP contribution in [-0.4, -0.2) is 15.0 Å². The summed E-state index contributed by atoms with van der Waals surface area (Å²) >= 11 is 1.79. The summed E-state index contributed by atoms with van der Waals surface area (Å²) in [5.74, 6) is 2.02. The molecule has 43 heavy (non-hydrogen) atoms. The summed E-state index contributed by atoms with van der Waals surface area (Å²) < 4.78 is 2.45. The number of rotatable bonds is 3. The van der Waals surface area contributed by atoms with Crippen molar-refractivity contribution in [3.8, 4) is 34.2 Å². The highest BCUT2D eigenvalue weighted by Crippen LogP contribution is 2.40. The molecule has 2 heterocycles. The van der Waals surface area contributed by atoms with Gasteiger partial charge in [0.1, 0.15) is 0 Å². The third-order valence-corrected chi connectivity index (χ3v) is 9.52. The van der Waals surface area contributed by atoms with Gasteiger partial charge in [0.05, 0.1) is 0 Å². The molecule has 0 aliphatic rings. The van der Waals surface area contributed by atoms with Gasteiger partial charge in [0, 0.05) is 42.2 Å². The molecule has 7 aromatic carbocycles. The minimum Gasteiger partial charge on any atom is -0.208 e. The zero-order chi connectivity index (χ0) is 28.3. The van der Waals surface area contributed by atoms with Crippen molar-refractivity contribution in [3.63, 3.8) is 0 Å². The average Bonchev–Trinajstić information content (AvgIpc) is 3.46. The van der Waals surface area contributed by atoms with Crippen LogP contribution in [0.25, 0.3) is 86.7 Å². The summed E-state index contributed by atoms with van der Waals surface area (Å²) in [4.78, 5) is 15.5. The molecule has 3 nitrogen and oxygen atoms in total. The molecule has 0 saturated carbocycles. The van der Waals surface area contributed by atoms with E-state index in [-0.39, 0.29) is 0 Å². The third-order valence-electron chi connectivity index (χ3n) is 8.30. The van der Waals surface area contributed by atoms with Crippen molar-refractivity contribution in [3.05, 3.63) is 140 Å². The van der Waals surface area contributed by atoms with Crippen molar-refractivity contribution < 1.29 is 0 Å². The highest BCUT2D eigenvalue weighted by molar-refractivity contribution is 7.26. The average molecular weight is 566 g/mol. The Kier molecular flexibility index (Phi) is 5.37. The fourth-order valence-corrected chi connectivity index (χ4v) is 7.45. The van der Waals surface area contributed by atoms with E-state index in [0.717, 1.165) is 32.8 Å². The number of fused-ring (bicyclic) bond motifs is 7. The van der Waals surface area contributed by atoms with Crippen molar-refractivity contribution in [1.82, 2.24) is 15.0 Å². The largest absolute Gasteiger partial charge is 0.208 e. The standard InChI is InChI=1S/C39H23N3S/c1-2-11-27-23-28(22-19-24(27)9-1)37-40-38(32-16-7-12-26-21-20-25-10-3-4-13-29(25)35(26)32)42-39(41-37)33-17-8-15-31-30-14-5-6-18-34(30)43-36(31)33/h1-23H. The molecule has 2 aromatic heterocycles. The smallest absolute Gasteiger partial charge is 0.165 e. The zero-order valence-electron chi connectivity index (χ0n) is 23.0. The quantitative estimate of drug-likeness (QED) is 0.200. The SMILES string of the molecule is c1ccc2cc(-c3nc(-c4cccc5c4sc4ccccc45)nc(-c4cccc5ccc6ccccc6c45)n3)ccc2c1. The molecule has 0 aliphatic heterocycles. The van der Waals surface area contributed by atoms with E-state index in [1.807, 2.05) is 0 Å². The summed E-state index contributed by atoms with van der Waals surface area (Å²) in [6, 6.07) is 49.2. The lowest BCUT2D eigenvalue weighted by Gasteiger charge is -2.12. The van der Waals surface area contributed by atoms with E-state index >= 15 is 0 Å². The molecular weight excluding hydrogens is 543 g/mol. The van der Waals surface area contributed by atoms with Crippen LogP contribution in [0.4, 0.5) is 0 Å². The summed E-state index contributed by atoms with van der Waals surface area (Å²) in [5.41, 5.74) is 3.00. The molecule has 0 aliphatic carbocycles. The lowest BCUT2D eigenvalue weighted by Crippen LogP contribution is -2.01. The fourth-order valence-electron chi connectivity index (χ4n) is 6.24. The molecule has 0 N–H and O–H groups in total. The first-order valence-electron chi connectivity index (χ1n) is 14.4. The molecule has 0 amide bonds. The molecule has 0 bridgehead atoms. The van der Waals surface area contributed by atoms with Crippen LogP contribution in [0.15, 0.2) is 140 Å². The van der Waals surface area contributed by atoms with Crippen LogP contribution in [0.1, 0.15) is 0 Å². The van der Waals surface area contributed by atoms with Crippen LogP contribution in [-0.2, 0) is 0 Å². The Balaban J connectivity index is 1.36. The monoisotopic (exact) mass is 565 g/mol. The predicted octanol–water partition coefficient (Wildman–Crippen LogP) is 10.7. The Morgan fingerprint density at radius 1 is 0.395 bits per heavy atom. The van der Waals surface area contributed by atoms with E-state index in [0.29, 0.717) is 17.5 Å². The van der Waals surface area contributed by atoms with E-state index in [2.05, 4.69) is 140 Å². The second-order valence-corrected chi connectivity index (χ2v) is 11.9. The maximum absolute atomic E-state index is 5.22. The molecule has 0 unspecified atom stereocenters. The minimum absolute atomic E-state index is 0.668. The number of benzene rings is 7. The molecule has 0 radical (unpaired) electrons. The van der Waals surface area contributed by atoms with Gasteiger partial charge >= 0.3 is 0 Å². The van der Waals surface area contributed by atoms with Gasteiger partial charge in [-0.05, 0) is 45.1 Å². The number of aromatic nitrogens is 3. The van der Waals surface area contributed by atoms with Crippen LogP contribution in [0.3, 0.4) is 0 Å². The van der Waals surface area contributed by atoms with Gasteiger partial charge in [-0.3, -0.25) is 0 Å². The highest BCUT2D eigenvalue weighted by Gasteiger charge is 2.18. The molecule has 4 heteroatoms. The first kappa shape index (κ1) is 24.2. The van der Waals surface area contributed by atoms with Gasteiger partial charge in [0.25, 0.3) is 0 Å². The van der Waals surface area contributed by atoms with E-state index < -0.39 is 0 Å². The highest BCUT2D eigenvalue weighted by atomic mass is 32.1. The fraction of sp³-hybridized carbons (Fsp3) is 0. The van der Waals surface area contributed by atoms with Crippen LogP contribution in [0.5, 0.6) is 0 Å². The maximum Gasteiger partial charge on any atom is 0.165 e. The lowest BCUT2D eigenvalue weighted by molar-refractivity contribution is 1.08. The van der Waals surface area contributed by atoms with E-state index in [1.165, 1.54) is 36.3 Å². The Bertz CT molecular complexity index is 2530. The number of nitrogens with zero attached hydrogens (tertiary/aromatic N) is 3. The second-order valence-electron chi connectivity index (χ2n) is 10.8. The van der Waals surface area contributed by atoms with E-state index in [9.17, 15) is 0 Å². The van der Waals surface area contributed by atoms with Crippen molar-refractivity contribution in [2.75, 3.05) is 0 Å². The van der Waals surface area contributed by atoms with Crippen LogP contribution >= 0.6 is 11.3 Å². The predicted molar refractivity (Wildman–Crippen MR) is 182 cm³/mol. The van der Waals surface area contributed by atoms with Crippen molar-refractivity contribution in [1.29, 1.82) is 0 Å². The van der Waals surface area contributed by atoms with Gasteiger partial charge in [-0.1, -0.05) is 121 Å². The Morgan fingerprint density at radius 3 is 1.91 bits per heavy atom. The molecule has 0 saturated heterocycles. The van der Waals surface area contributed by atoms with E-state index in [1.54, 1.807) is 11.3 Å². The summed E-state index contributed by atoms with van der Waals surface area (Å²) in [7, 11) is 0. The van der Waals surface area contributed by atoms with Gasteiger partial charge in [0.15, 0.2) is 17.5 Å². The van der Waals surface area contributed by atoms with Gasteiger partial charge in [-0.2, -0.15) is 0 Å². The Morgan fingerprint density at radius 2 is 1.00 bits per heavy atom. The van der Waals surface area contributed by atoms with Crippen LogP contribution < -0.4 is 0 Å². The van der Waals surface area contributed by atoms with Crippen LogP contribution in [0, 0.1) is 0 Å². The normalized spacial score (nSPS) is 11.7. The molecule has 200 valence electrons. The van der Waals surface area contributed by atoms with Gasteiger partial charge in [0.2, 0.25) is 0 Å². The Hall–Kier alpha value is -5.45. The number of thiophene rings is 1. The first-order chi connectivity index (χ1) is 21.3. The number of hydrogen-bond acceptors (Lipinski definition) is 4. The molecule has 9 rings (SSSR count). The molecule has 0 fully saturated rings. The molecule has 0 atom stereocenters. The molecule has 0 spiro atoms. The zero-order valence-corrected chi connectivity index (χ0v) is 23.8. The molecule has 9 aromatic rings. The van der Waals surface area contributed by atoms with Gasteiger partial charge < -0.3 is 0 Å². The van der Waals surface area contributed by atoms with Gasteiger partial charge in [-0.25, -0.2) is 15.0 Å². The second kappa shape index (κ2) is 9.55. The first-order valence-corrected chi connectivity index (χ1v) is 15.2. The third kappa shape index (κ3) is 3.92. The summed E-state index contributed by atoms with van der Waals surface area (Å²) in [6.07, 6.45) is 0. The number of hydrogen-bond donors (Lipinski definition) is 0. The lowest BCUT2D eigenvalue weighted by atomic mass is 9.97. The topological polar surface area (TPSA) is 38.7 Å². The minimum atomic E-state index is 0.668. The maximum atomic E-state index is 5.22.